The van der Waals surface area contributed by atoms with Gasteiger partial charge in [0.2, 0.25) is 5.91 Å². The Morgan fingerprint density at radius 1 is 1.04 bits per heavy atom. The number of hydrogen-bond acceptors (Lipinski definition) is 3. The summed E-state index contributed by atoms with van der Waals surface area (Å²) in [6.07, 6.45) is 1.92. The largest absolute Gasteiger partial charge is 0.496 e. The van der Waals surface area contributed by atoms with Crippen molar-refractivity contribution in [3.05, 3.63) is 65.7 Å². The van der Waals surface area contributed by atoms with Crippen LogP contribution in [0.4, 0.5) is 0 Å². The van der Waals surface area contributed by atoms with Gasteiger partial charge in [-0.05, 0) is 30.5 Å². The second-order valence-electron chi connectivity index (χ2n) is 6.50. The van der Waals surface area contributed by atoms with Crippen LogP contribution in [0.25, 0.3) is 0 Å². The van der Waals surface area contributed by atoms with Crippen LogP contribution in [0, 0.1) is 0 Å². The number of amides is 2. The molecule has 26 heavy (non-hydrogen) atoms. The van der Waals surface area contributed by atoms with Gasteiger partial charge in [0.25, 0.3) is 5.91 Å². The van der Waals surface area contributed by atoms with Crippen molar-refractivity contribution in [3.8, 4) is 5.75 Å². The van der Waals surface area contributed by atoms with Gasteiger partial charge >= 0.3 is 0 Å². The monoisotopic (exact) mass is 352 g/mol. The van der Waals surface area contributed by atoms with Crippen LogP contribution in [0.2, 0.25) is 0 Å². The van der Waals surface area contributed by atoms with Gasteiger partial charge in [0, 0.05) is 19.1 Å². The van der Waals surface area contributed by atoms with Crippen molar-refractivity contribution in [1.29, 1.82) is 0 Å². The van der Waals surface area contributed by atoms with Crippen LogP contribution >= 0.6 is 0 Å². The number of carbonyl (C=O) groups excluding carboxylic acids is 2. The van der Waals surface area contributed by atoms with E-state index < -0.39 is 0 Å². The zero-order chi connectivity index (χ0) is 18.4. The van der Waals surface area contributed by atoms with Gasteiger partial charge in [-0.15, -0.1) is 0 Å². The third-order valence-electron chi connectivity index (χ3n) is 4.69. The molecule has 1 saturated heterocycles. The quantitative estimate of drug-likeness (QED) is 0.900. The number of nitrogens with one attached hydrogen (secondary N) is 1. The molecule has 1 N–H and O–H groups in total. The minimum atomic E-state index is -0.0171. The number of carbonyl (C=O) groups is 2. The van der Waals surface area contributed by atoms with E-state index in [0.29, 0.717) is 30.8 Å². The number of benzene rings is 2. The van der Waals surface area contributed by atoms with Crippen LogP contribution in [-0.4, -0.2) is 43.0 Å². The lowest BCUT2D eigenvalue weighted by molar-refractivity contribution is -0.121. The molecule has 0 unspecified atom stereocenters. The van der Waals surface area contributed by atoms with Gasteiger partial charge in [-0.25, -0.2) is 0 Å². The normalized spacial score (nSPS) is 14.7. The molecule has 1 fully saturated rings. The van der Waals surface area contributed by atoms with Crippen LogP contribution in [0.15, 0.2) is 54.6 Å². The zero-order valence-corrected chi connectivity index (χ0v) is 15.0. The molecule has 2 aromatic rings. The van der Waals surface area contributed by atoms with Crippen molar-refractivity contribution in [2.45, 2.75) is 25.3 Å². The molecular formula is C21H24N2O3. The molecule has 1 aliphatic rings. The molecule has 0 spiro atoms. The molecule has 5 heteroatoms. The second kappa shape index (κ2) is 8.52. The van der Waals surface area contributed by atoms with Gasteiger partial charge < -0.3 is 15.0 Å². The van der Waals surface area contributed by atoms with Crippen LogP contribution in [-0.2, 0) is 11.2 Å². The Morgan fingerprint density at radius 3 is 2.38 bits per heavy atom. The van der Waals surface area contributed by atoms with E-state index in [1.807, 2.05) is 47.4 Å². The van der Waals surface area contributed by atoms with Gasteiger partial charge in [0.15, 0.2) is 0 Å². The highest BCUT2D eigenvalue weighted by molar-refractivity contribution is 5.97. The van der Waals surface area contributed by atoms with Crippen molar-refractivity contribution in [2.75, 3.05) is 20.2 Å². The molecule has 0 bridgehead atoms. The number of methoxy groups -OCH3 is 1. The van der Waals surface area contributed by atoms with Crippen LogP contribution in [0.5, 0.6) is 5.75 Å². The Labute approximate surface area is 154 Å². The number of para-hydroxylation sites is 1. The van der Waals surface area contributed by atoms with E-state index in [-0.39, 0.29) is 17.9 Å². The number of likely N-dealkylation sites (tertiary alicyclic amines) is 1. The first kappa shape index (κ1) is 18.0. The molecule has 0 saturated carbocycles. The fourth-order valence-electron chi connectivity index (χ4n) is 3.28. The van der Waals surface area contributed by atoms with E-state index in [0.717, 1.165) is 18.4 Å². The standard InChI is InChI=1S/C21H24N2O3/c1-26-19-10-6-5-9-18(19)21(25)23-13-11-17(12-14-23)22-20(24)15-16-7-3-2-4-8-16/h2-10,17H,11-15H2,1H3,(H,22,24). The summed E-state index contributed by atoms with van der Waals surface area (Å²) in [5.41, 5.74) is 1.59. The zero-order valence-electron chi connectivity index (χ0n) is 15.0. The molecular weight excluding hydrogens is 328 g/mol. The van der Waals surface area contributed by atoms with E-state index in [1.165, 1.54) is 0 Å². The van der Waals surface area contributed by atoms with Crippen molar-refractivity contribution in [2.24, 2.45) is 0 Å². The number of nitrogens with zero attached hydrogens (tertiary/aromatic N) is 1. The highest BCUT2D eigenvalue weighted by atomic mass is 16.5. The Morgan fingerprint density at radius 2 is 1.69 bits per heavy atom. The van der Waals surface area contributed by atoms with Crippen molar-refractivity contribution >= 4 is 11.8 Å². The first-order chi connectivity index (χ1) is 12.7. The predicted molar refractivity (Wildman–Crippen MR) is 100 cm³/mol. The second-order valence-corrected chi connectivity index (χ2v) is 6.50. The van der Waals surface area contributed by atoms with Gasteiger partial charge in [0.05, 0.1) is 19.1 Å². The molecule has 0 aliphatic carbocycles. The maximum absolute atomic E-state index is 12.7. The van der Waals surface area contributed by atoms with E-state index >= 15 is 0 Å². The van der Waals surface area contributed by atoms with Gasteiger partial charge in [-0.3, -0.25) is 9.59 Å². The highest BCUT2D eigenvalue weighted by Gasteiger charge is 2.26. The van der Waals surface area contributed by atoms with Crippen molar-refractivity contribution < 1.29 is 14.3 Å². The first-order valence-electron chi connectivity index (χ1n) is 8.93. The SMILES string of the molecule is COc1ccccc1C(=O)N1CCC(NC(=O)Cc2ccccc2)CC1. The molecule has 2 amide bonds. The summed E-state index contributed by atoms with van der Waals surface area (Å²) in [5, 5.41) is 3.09. The fraction of sp³-hybridized carbons (Fsp3) is 0.333. The molecule has 2 aromatic carbocycles. The maximum Gasteiger partial charge on any atom is 0.257 e. The molecule has 0 radical (unpaired) electrons. The molecule has 1 aliphatic heterocycles. The number of hydrogen-bond donors (Lipinski definition) is 1. The Hall–Kier alpha value is -2.82. The summed E-state index contributed by atoms with van der Waals surface area (Å²) in [4.78, 5) is 26.7. The Kier molecular flexibility index (Phi) is 5.89. The Balaban J connectivity index is 1.51. The fourth-order valence-corrected chi connectivity index (χ4v) is 3.28. The van der Waals surface area contributed by atoms with Gasteiger partial charge in [-0.2, -0.15) is 0 Å². The Bertz CT molecular complexity index is 753. The van der Waals surface area contributed by atoms with Crippen molar-refractivity contribution in [3.63, 3.8) is 0 Å². The molecule has 0 atom stereocenters. The lowest BCUT2D eigenvalue weighted by Crippen LogP contribution is -2.46. The van der Waals surface area contributed by atoms with Crippen LogP contribution in [0.1, 0.15) is 28.8 Å². The topological polar surface area (TPSA) is 58.6 Å². The van der Waals surface area contributed by atoms with E-state index in [2.05, 4.69) is 5.32 Å². The minimum absolute atomic E-state index is 0.0171. The summed E-state index contributed by atoms with van der Waals surface area (Å²) in [6.45, 7) is 1.26. The predicted octanol–water partition coefficient (Wildman–Crippen LogP) is 2.66. The lowest BCUT2D eigenvalue weighted by Gasteiger charge is -2.32. The highest BCUT2D eigenvalue weighted by Crippen LogP contribution is 2.21. The summed E-state index contributed by atoms with van der Waals surface area (Å²) >= 11 is 0. The smallest absolute Gasteiger partial charge is 0.257 e. The van der Waals surface area contributed by atoms with Gasteiger partial charge in [-0.1, -0.05) is 42.5 Å². The minimum Gasteiger partial charge on any atom is -0.496 e. The van der Waals surface area contributed by atoms with Gasteiger partial charge in [0.1, 0.15) is 5.75 Å². The summed E-state index contributed by atoms with van der Waals surface area (Å²) < 4.78 is 5.28. The number of piperidine rings is 1. The summed E-state index contributed by atoms with van der Waals surface area (Å²) in [7, 11) is 1.57. The van der Waals surface area contributed by atoms with Crippen LogP contribution in [0.3, 0.4) is 0 Å². The molecule has 0 aromatic heterocycles. The average molecular weight is 352 g/mol. The molecule has 1 heterocycles. The summed E-state index contributed by atoms with van der Waals surface area (Å²) in [6, 6.07) is 17.1. The van der Waals surface area contributed by atoms with E-state index in [4.69, 9.17) is 4.74 Å². The third kappa shape index (κ3) is 4.42. The molecule has 5 nitrogen and oxygen atoms in total. The van der Waals surface area contributed by atoms with Crippen LogP contribution < -0.4 is 10.1 Å². The number of rotatable bonds is 5. The summed E-state index contributed by atoms with van der Waals surface area (Å²) in [5.74, 6) is 0.609. The van der Waals surface area contributed by atoms with Crippen molar-refractivity contribution in [1.82, 2.24) is 10.2 Å². The molecule has 136 valence electrons. The third-order valence-corrected chi connectivity index (χ3v) is 4.69. The lowest BCUT2D eigenvalue weighted by atomic mass is 10.0. The molecule has 3 rings (SSSR count). The van der Waals surface area contributed by atoms with E-state index in [1.54, 1.807) is 19.2 Å². The average Bonchev–Trinajstić information content (AvgIpc) is 2.68. The number of ether oxygens (including phenoxy) is 1. The van der Waals surface area contributed by atoms with E-state index in [9.17, 15) is 9.59 Å². The maximum atomic E-state index is 12.7. The first-order valence-corrected chi connectivity index (χ1v) is 8.93.